The van der Waals surface area contributed by atoms with Crippen LogP contribution in [0.15, 0.2) is 41.6 Å². The summed E-state index contributed by atoms with van der Waals surface area (Å²) >= 11 is 1.75. The lowest BCUT2D eigenvalue weighted by Crippen LogP contribution is -2.58. The molecule has 4 rings (SSSR count). The summed E-state index contributed by atoms with van der Waals surface area (Å²) in [4.78, 5) is 27.9. The van der Waals surface area contributed by atoms with Crippen molar-refractivity contribution < 1.29 is 23.7 Å². The van der Waals surface area contributed by atoms with E-state index in [1.165, 1.54) is 11.8 Å². The Hall–Kier alpha value is -2.35. The number of aromatic nitrogens is 4. The first-order valence-corrected chi connectivity index (χ1v) is 20.0. The number of carbonyl (C=O) groups is 1. The van der Waals surface area contributed by atoms with Crippen LogP contribution in [0.2, 0.25) is 13.1 Å². The maximum absolute atomic E-state index is 12.2. The molecule has 1 aliphatic rings. The van der Waals surface area contributed by atoms with Crippen molar-refractivity contribution in [2.45, 2.75) is 134 Å². The van der Waals surface area contributed by atoms with E-state index in [1.807, 2.05) is 43.5 Å². The Morgan fingerprint density at radius 1 is 1.00 bits per heavy atom. The largest absolute Gasteiger partial charge is 0.373 e. The van der Waals surface area contributed by atoms with Crippen LogP contribution in [0, 0.1) is 0 Å². The van der Waals surface area contributed by atoms with Crippen LogP contribution in [0.25, 0.3) is 11.2 Å². The number of anilines is 1. The average Bonchev–Trinajstić information content (AvgIpc) is 3.46. The topological polar surface area (TPSA) is 110 Å². The van der Waals surface area contributed by atoms with E-state index in [0.29, 0.717) is 24.2 Å². The molecule has 12 heteroatoms. The van der Waals surface area contributed by atoms with Gasteiger partial charge < -0.3 is 18.9 Å². The van der Waals surface area contributed by atoms with Crippen molar-refractivity contribution in [3.05, 3.63) is 42.4 Å². The lowest BCUT2D eigenvalue weighted by molar-refractivity contribution is -0.174. The number of carbonyl (C=O) groups excluding carboxylic acids is 1. The summed E-state index contributed by atoms with van der Waals surface area (Å²) in [7, 11) is -1.85. The van der Waals surface area contributed by atoms with Gasteiger partial charge in [-0.2, -0.15) is 4.98 Å². The summed E-state index contributed by atoms with van der Waals surface area (Å²) in [6, 6.07) is 10.3. The first-order chi connectivity index (χ1) is 21.3. The number of benzene rings is 1. The van der Waals surface area contributed by atoms with E-state index < -0.39 is 43.7 Å². The number of hydrogen-bond donors (Lipinski definition) is 1. The van der Waals surface area contributed by atoms with E-state index in [1.54, 1.807) is 18.1 Å². The SMILES string of the molecule is CC(=O)Nc1nc(CCSc2ccccc2)c2ncn(C3([SiH](C)C)O[C@H](COC(C)(C)C)[C@@H](OC(C)(C)C)[C@H]3OC(C)(C)C)c2n1. The minimum atomic E-state index is -1.85. The summed E-state index contributed by atoms with van der Waals surface area (Å²) in [5, 5.41) is 1.87. The van der Waals surface area contributed by atoms with Crippen molar-refractivity contribution in [3.63, 3.8) is 0 Å². The standard InChI is InChI=1S/C34H53N5O5SSi/c1-22(40)36-30-37-24(18-19-45-23-16-14-13-15-17-23)26-29(38-30)39(21-35-26)34(46(11)12)28(44-33(8,9)10)27(43-32(5,6)7)25(42-34)20-41-31(2,3)4/h13-17,21,25,27-28,46H,18-20H2,1-12H3,(H,36,37,38,40)/t25-,27-,28-,34?/m1/s1. The molecule has 1 aromatic carbocycles. The second-order valence-electron chi connectivity index (χ2n) is 15.2. The number of thioether (sulfide) groups is 1. The van der Waals surface area contributed by atoms with E-state index in [2.05, 4.69) is 72.1 Å². The van der Waals surface area contributed by atoms with Crippen LogP contribution in [0.3, 0.4) is 0 Å². The smallest absolute Gasteiger partial charge is 0.231 e. The fourth-order valence-electron chi connectivity index (χ4n) is 5.67. The maximum Gasteiger partial charge on any atom is 0.231 e. The molecule has 1 N–H and O–H groups in total. The summed E-state index contributed by atoms with van der Waals surface area (Å²) in [5.74, 6) is 0.780. The zero-order valence-corrected chi connectivity index (χ0v) is 31.6. The highest BCUT2D eigenvalue weighted by atomic mass is 32.2. The molecule has 1 aliphatic heterocycles. The number of aryl methyl sites for hydroxylation is 1. The summed E-state index contributed by atoms with van der Waals surface area (Å²) < 4.78 is 29.4. The Bertz CT molecular complexity index is 1480. The zero-order chi connectivity index (χ0) is 34.1. The van der Waals surface area contributed by atoms with E-state index in [4.69, 9.17) is 33.9 Å². The van der Waals surface area contributed by atoms with Gasteiger partial charge in [0.15, 0.2) is 11.0 Å². The molecule has 2 aromatic heterocycles. The second kappa shape index (κ2) is 14.0. The molecule has 0 spiro atoms. The Morgan fingerprint density at radius 2 is 1.65 bits per heavy atom. The Labute approximate surface area is 280 Å². The number of amides is 1. The molecular formula is C34H53N5O5SSi. The van der Waals surface area contributed by atoms with Gasteiger partial charge in [-0.1, -0.05) is 31.3 Å². The first-order valence-electron chi connectivity index (χ1n) is 16.2. The number of nitrogens with zero attached hydrogens (tertiary/aromatic N) is 4. The molecule has 46 heavy (non-hydrogen) atoms. The third kappa shape index (κ3) is 8.96. The fourth-order valence-corrected chi connectivity index (χ4v) is 8.65. The van der Waals surface area contributed by atoms with Gasteiger partial charge in [0.1, 0.15) is 23.8 Å². The number of imidazole rings is 1. The van der Waals surface area contributed by atoms with Gasteiger partial charge in [0, 0.05) is 24.0 Å². The molecule has 1 fully saturated rings. The first kappa shape index (κ1) is 36.5. The van der Waals surface area contributed by atoms with E-state index in [9.17, 15) is 4.79 Å². The molecular weight excluding hydrogens is 619 g/mol. The Kier molecular flexibility index (Phi) is 11.1. The quantitative estimate of drug-likeness (QED) is 0.184. The molecule has 0 aliphatic carbocycles. The molecule has 3 heterocycles. The molecule has 3 aromatic rings. The van der Waals surface area contributed by atoms with Crippen LogP contribution in [-0.2, 0) is 35.5 Å². The molecule has 1 saturated heterocycles. The van der Waals surface area contributed by atoms with E-state index in [-0.39, 0.29) is 17.5 Å². The number of fused-ring (bicyclic) bond motifs is 1. The van der Waals surface area contributed by atoms with Crippen LogP contribution in [0.1, 0.15) is 74.9 Å². The van der Waals surface area contributed by atoms with Gasteiger partial charge in [0.05, 0.1) is 44.2 Å². The number of ether oxygens (including phenoxy) is 4. The lowest BCUT2D eigenvalue weighted by Gasteiger charge is -2.42. The second-order valence-corrected chi connectivity index (χ2v) is 19.5. The van der Waals surface area contributed by atoms with Gasteiger partial charge in [-0.3, -0.25) is 14.7 Å². The Morgan fingerprint density at radius 3 is 2.22 bits per heavy atom. The highest BCUT2D eigenvalue weighted by molar-refractivity contribution is 7.99. The van der Waals surface area contributed by atoms with Crippen LogP contribution < -0.4 is 5.32 Å². The van der Waals surface area contributed by atoms with Gasteiger partial charge in [0.2, 0.25) is 11.9 Å². The molecule has 4 atom stereocenters. The minimum Gasteiger partial charge on any atom is -0.373 e. The molecule has 0 saturated carbocycles. The van der Waals surface area contributed by atoms with Crippen molar-refractivity contribution in [1.29, 1.82) is 0 Å². The normalized spacial score (nSPS) is 22.6. The van der Waals surface area contributed by atoms with Gasteiger partial charge in [-0.05, 0) is 74.4 Å². The fraction of sp³-hybridized carbons (Fsp3) is 0.647. The molecule has 1 amide bonds. The van der Waals surface area contributed by atoms with Gasteiger partial charge in [-0.15, -0.1) is 11.8 Å². The van der Waals surface area contributed by atoms with Crippen molar-refractivity contribution in [3.8, 4) is 0 Å². The lowest BCUT2D eigenvalue weighted by atomic mass is 10.1. The highest BCUT2D eigenvalue weighted by Gasteiger charge is 2.62. The van der Waals surface area contributed by atoms with Crippen molar-refractivity contribution >= 4 is 43.6 Å². The van der Waals surface area contributed by atoms with Gasteiger partial charge >= 0.3 is 0 Å². The van der Waals surface area contributed by atoms with Crippen LogP contribution in [-0.4, -0.2) is 81.7 Å². The molecule has 0 radical (unpaired) electrons. The molecule has 10 nitrogen and oxygen atoms in total. The third-order valence-corrected chi connectivity index (χ3v) is 10.8. The summed E-state index contributed by atoms with van der Waals surface area (Å²) in [6.07, 6.45) is 1.08. The highest BCUT2D eigenvalue weighted by Crippen LogP contribution is 2.45. The predicted molar refractivity (Wildman–Crippen MR) is 187 cm³/mol. The average molecular weight is 672 g/mol. The summed E-state index contributed by atoms with van der Waals surface area (Å²) in [5.41, 5.74) is 0.688. The van der Waals surface area contributed by atoms with Gasteiger partial charge in [0.25, 0.3) is 0 Å². The van der Waals surface area contributed by atoms with Crippen molar-refractivity contribution in [2.75, 3.05) is 17.7 Å². The third-order valence-electron chi connectivity index (χ3n) is 7.37. The van der Waals surface area contributed by atoms with Crippen molar-refractivity contribution in [1.82, 2.24) is 19.5 Å². The van der Waals surface area contributed by atoms with Gasteiger partial charge in [-0.25, -0.2) is 9.97 Å². The number of rotatable bonds is 11. The summed E-state index contributed by atoms with van der Waals surface area (Å²) in [6.45, 7) is 24.7. The van der Waals surface area contributed by atoms with Crippen LogP contribution in [0.5, 0.6) is 0 Å². The Balaban J connectivity index is 1.88. The minimum absolute atomic E-state index is 0.239. The molecule has 254 valence electrons. The van der Waals surface area contributed by atoms with E-state index in [0.717, 1.165) is 11.4 Å². The monoisotopic (exact) mass is 671 g/mol. The maximum atomic E-state index is 12.2. The zero-order valence-electron chi connectivity index (χ0n) is 29.6. The van der Waals surface area contributed by atoms with Crippen molar-refractivity contribution in [2.24, 2.45) is 0 Å². The van der Waals surface area contributed by atoms with Crippen LogP contribution in [0.4, 0.5) is 5.95 Å². The van der Waals surface area contributed by atoms with Crippen LogP contribution >= 0.6 is 11.8 Å². The molecule has 0 bridgehead atoms. The van der Waals surface area contributed by atoms with E-state index >= 15 is 0 Å². The number of hydrogen-bond acceptors (Lipinski definition) is 9. The predicted octanol–water partition coefficient (Wildman–Crippen LogP) is 6.38. The number of nitrogens with one attached hydrogen (secondary N) is 1. The molecule has 1 unspecified atom stereocenters.